The fraction of sp³-hybridized carbons (Fsp3) is 0.417. The van der Waals surface area contributed by atoms with Crippen LogP contribution in [-0.4, -0.2) is 10.7 Å². The van der Waals surface area contributed by atoms with Crippen molar-refractivity contribution in [1.29, 1.82) is 0 Å². The fourth-order valence-electron chi connectivity index (χ4n) is 2.19. The summed E-state index contributed by atoms with van der Waals surface area (Å²) < 4.78 is 14.0. The number of nitrogens with zero attached hydrogens (tertiary/aromatic N) is 1. The van der Waals surface area contributed by atoms with E-state index in [9.17, 15) is 19.3 Å². The first-order valence-electron chi connectivity index (χ1n) is 5.46. The number of hydrogen-bond donors (Lipinski definition) is 0. The van der Waals surface area contributed by atoms with Crippen molar-refractivity contribution >= 4 is 11.5 Å². The predicted octanol–water partition coefficient (Wildman–Crippen LogP) is 2.99. The molecule has 0 fully saturated rings. The molecule has 0 saturated heterocycles. The first kappa shape index (κ1) is 11.7. The van der Waals surface area contributed by atoms with Crippen LogP contribution in [0, 0.1) is 15.9 Å². The molecular formula is C12H12FNO3. The quantitative estimate of drug-likeness (QED) is 0.586. The maximum absolute atomic E-state index is 14.0. The van der Waals surface area contributed by atoms with Crippen molar-refractivity contribution in [2.45, 2.75) is 32.6 Å². The number of aryl methyl sites for hydroxylation is 1. The molecule has 1 aromatic carbocycles. The standard InChI is InChI=1S/C12H12FNO3/c1-6(2)8-5-7-3-4-9(15)10(7)12(11(8)13)14(16)17/h5-6H,3-4H2,1-2H3. The summed E-state index contributed by atoms with van der Waals surface area (Å²) in [5.41, 5.74) is 0.238. The highest BCUT2D eigenvalue weighted by molar-refractivity contribution is 6.04. The number of carbonyl (C=O) groups is 1. The third-order valence-corrected chi connectivity index (χ3v) is 3.05. The number of nitro groups is 1. The highest BCUT2D eigenvalue weighted by atomic mass is 19.1. The van der Waals surface area contributed by atoms with E-state index in [0.29, 0.717) is 17.5 Å². The molecule has 0 N–H and O–H groups in total. The molecule has 0 saturated carbocycles. The van der Waals surface area contributed by atoms with Crippen LogP contribution in [0.3, 0.4) is 0 Å². The molecule has 17 heavy (non-hydrogen) atoms. The molecule has 0 aromatic heterocycles. The van der Waals surface area contributed by atoms with Gasteiger partial charge in [-0.2, -0.15) is 4.39 Å². The summed E-state index contributed by atoms with van der Waals surface area (Å²) in [6, 6.07) is 1.59. The van der Waals surface area contributed by atoms with Gasteiger partial charge in [0.2, 0.25) is 5.82 Å². The number of rotatable bonds is 2. The lowest BCUT2D eigenvalue weighted by Gasteiger charge is -2.10. The van der Waals surface area contributed by atoms with Crippen LogP contribution in [-0.2, 0) is 6.42 Å². The van der Waals surface area contributed by atoms with Gasteiger partial charge in [-0.05, 0) is 23.5 Å². The number of nitro benzene ring substituents is 1. The smallest absolute Gasteiger partial charge is 0.294 e. The van der Waals surface area contributed by atoms with Crippen molar-refractivity contribution in [3.8, 4) is 0 Å². The number of carbonyl (C=O) groups excluding carboxylic acids is 1. The molecule has 4 nitrogen and oxygen atoms in total. The average Bonchev–Trinajstić information content (AvgIpc) is 2.58. The van der Waals surface area contributed by atoms with Gasteiger partial charge in [0.05, 0.1) is 4.92 Å². The Morgan fingerprint density at radius 1 is 1.41 bits per heavy atom. The van der Waals surface area contributed by atoms with E-state index in [4.69, 9.17) is 0 Å². The molecule has 0 spiro atoms. The second-order valence-corrected chi connectivity index (χ2v) is 4.50. The van der Waals surface area contributed by atoms with Crippen LogP contribution in [0.15, 0.2) is 6.07 Å². The monoisotopic (exact) mass is 237 g/mol. The topological polar surface area (TPSA) is 60.2 Å². The predicted molar refractivity (Wildman–Crippen MR) is 59.8 cm³/mol. The Balaban J connectivity index is 2.78. The summed E-state index contributed by atoms with van der Waals surface area (Å²) in [5.74, 6) is -1.34. The van der Waals surface area contributed by atoms with Gasteiger partial charge in [-0.15, -0.1) is 0 Å². The lowest BCUT2D eigenvalue weighted by Crippen LogP contribution is -2.06. The molecule has 0 unspecified atom stereocenters. The Labute approximate surface area is 97.6 Å². The van der Waals surface area contributed by atoms with Crippen LogP contribution in [0.1, 0.15) is 47.7 Å². The van der Waals surface area contributed by atoms with Gasteiger partial charge < -0.3 is 0 Å². The molecule has 1 aliphatic carbocycles. The van der Waals surface area contributed by atoms with Gasteiger partial charge in [-0.25, -0.2) is 0 Å². The van der Waals surface area contributed by atoms with Crippen LogP contribution in [0.25, 0.3) is 0 Å². The highest BCUT2D eigenvalue weighted by Crippen LogP contribution is 2.37. The van der Waals surface area contributed by atoms with Crippen molar-refractivity contribution in [1.82, 2.24) is 0 Å². The Hall–Kier alpha value is -1.78. The molecule has 0 amide bonds. The molecule has 2 rings (SSSR count). The van der Waals surface area contributed by atoms with Crippen LogP contribution < -0.4 is 0 Å². The summed E-state index contributed by atoms with van der Waals surface area (Å²) in [6.07, 6.45) is 0.701. The summed E-state index contributed by atoms with van der Waals surface area (Å²) in [4.78, 5) is 21.7. The lowest BCUT2D eigenvalue weighted by atomic mass is 9.96. The normalized spacial score (nSPS) is 14.2. The number of hydrogen-bond acceptors (Lipinski definition) is 3. The van der Waals surface area contributed by atoms with Gasteiger partial charge in [0.15, 0.2) is 5.78 Å². The van der Waals surface area contributed by atoms with Gasteiger partial charge in [-0.1, -0.05) is 19.9 Å². The SMILES string of the molecule is CC(C)c1cc2c(c([N+](=O)[O-])c1F)C(=O)CC2. The minimum atomic E-state index is -0.862. The van der Waals surface area contributed by atoms with Gasteiger partial charge in [0, 0.05) is 6.42 Å². The molecule has 0 bridgehead atoms. The number of ketones is 1. The van der Waals surface area contributed by atoms with Crippen molar-refractivity contribution < 1.29 is 14.1 Å². The van der Waals surface area contributed by atoms with E-state index in [1.807, 2.05) is 0 Å². The van der Waals surface area contributed by atoms with E-state index in [0.717, 1.165) is 0 Å². The zero-order chi connectivity index (χ0) is 12.7. The van der Waals surface area contributed by atoms with Crippen molar-refractivity contribution in [2.75, 3.05) is 0 Å². The number of fused-ring (bicyclic) bond motifs is 1. The number of Topliss-reactive ketones (excluding diaryl/α,β-unsaturated/α-hetero) is 1. The maximum atomic E-state index is 14.0. The molecule has 0 aliphatic heterocycles. The first-order valence-corrected chi connectivity index (χ1v) is 5.46. The minimum Gasteiger partial charge on any atom is -0.294 e. The summed E-state index contributed by atoms with van der Waals surface area (Å²) in [5, 5.41) is 10.9. The van der Waals surface area contributed by atoms with E-state index in [-0.39, 0.29) is 23.7 Å². The van der Waals surface area contributed by atoms with Crippen LogP contribution in [0.5, 0.6) is 0 Å². The van der Waals surface area contributed by atoms with Crippen molar-refractivity contribution in [3.05, 3.63) is 38.7 Å². The molecule has 1 aromatic rings. The van der Waals surface area contributed by atoms with E-state index >= 15 is 0 Å². The third-order valence-electron chi connectivity index (χ3n) is 3.05. The molecule has 0 atom stereocenters. The number of benzene rings is 1. The van der Waals surface area contributed by atoms with Crippen LogP contribution >= 0.6 is 0 Å². The molecular weight excluding hydrogens is 225 g/mol. The highest BCUT2D eigenvalue weighted by Gasteiger charge is 2.34. The van der Waals surface area contributed by atoms with E-state index in [1.54, 1.807) is 19.9 Å². The van der Waals surface area contributed by atoms with Crippen molar-refractivity contribution in [3.63, 3.8) is 0 Å². The Bertz CT molecular complexity index is 523. The summed E-state index contributed by atoms with van der Waals surface area (Å²) >= 11 is 0. The average molecular weight is 237 g/mol. The second-order valence-electron chi connectivity index (χ2n) is 4.50. The van der Waals surface area contributed by atoms with Crippen LogP contribution in [0.4, 0.5) is 10.1 Å². The van der Waals surface area contributed by atoms with E-state index < -0.39 is 16.4 Å². The molecule has 0 radical (unpaired) electrons. The first-order chi connectivity index (χ1) is 7.93. The minimum absolute atomic E-state index is 0.0306. The van der Waals surface area contributed by atoms with Gasteiger partial charge in [0.1, 0.15) is 5.56 Å². The molecule has 90 valence electrons. The maximum Gasteiger partial charge on any atom is 0.316 e. The third kappa shape index (κ3) is 1.71. The largest absolute Gasteiger partial charge is 0.316 e. The van der Waals surface area contributed by atoms with Crippen molar-refractivity contribution in [2.24, 2.45) is 0 Å². The van der Waals surface area contributed by atoms with E-state index in [2.05, 4.69) is 0 Å². The lowest BCUT2D eigenvalue weighted by molar-refractivity contribution is -0.387. The number of halogens is 1. The Morgan fingerprint density at radius 2 is 2.06 bits per heavy atom. The molecule has 0 heterocycles. The van der Waals surface area contributed by atoms with Crippen LogP contribution in [0.2, 0.25) is 0 Å². The molecule has 1 aliphatic rings. The molecule has 5 heteroatoms. The second kappa shape index (κ2) is 3.91. The summed E-state index contributed by atoms with van der Waals surface area (Å²) in [7, 11) is 0. The zero-order valence-corrected chi connectivity index (χ0v) is 9.62. The fourth-order valence-corrected chi connectivity index (χ4v) is 2.19. The summed E-state index contributed by atoms with van der Waals surface area (Å²) in [6.45, 7) is 3.54. The van der Waals surface area contributed by atoms with Gasteiger partial charge in [0.25, 0.3) is 0 Å². The van der Waals surface area contributed by atoms with Gasteiger partial charge >= 0.3 is 5.69 Å². The van der Waals surface area contributed by atoms with E-state index in [1.165, 1.54) is 0 Å². The Morgan fingerprint density at radius 3 is 2.59 bits per heavy atom. The zero-order valence-electron chi connectivity index (χ0n) is 9.62. The Kier molecular flexibility index (Phi) is 2.69. The van der Waals surface area contributed by atoms with Gasteiger partial charge in [-0.3, -0.25) is 14.9 Å².